The van der Waals surface area contributed by atoms with Crippen molar-refractivity contribution < 1.29 is 0 Å². The summed E-state index contributed by atoms with van der Waals surface area (Å²) in [5, 5.41) is 10.6. The van der Waals surface area contributed by atoms with Crippen molar-refractivity contribution in [1.29, 1.82) is 0 Å². The van der Waals surface area contributed by atoms with Gasteiger partial charge in [-0.15, -0.1) is 0 Å². The second kappa shape index (κ2) is 10.6. The van der Waals surface area contributed by atoms with Gasteiger partial charge >= 0.3 is 0 Å². The van der Waals surface area contributed by atoms with Gasteiger partial charge in [0.2, 0.25) is 0 Å². The highest BCUT2D eigenvalue weighted by molar-refractivity contribution is 7.01. The average Bonchev–Trinajstić information content (AvgIpc) is 3.69. The van der Waals surface area contributed by atoms with Crippen LogP contribution in [0, 0.1) is 6.92 Å². The maximum atomic E-state index is 2.64. The standard InChI is InChI=1S/C53H43BN2/c1-30-17-20-37-42-29-39-36-16-12-11-15-32(36)18-21-38(39)48-51(42)56(45(37)23-30)47-25-33(31-13-9-8-10-14-31)24-46-49(47)54(48)43-28-35(53(5,6)7)27-41-40-26-34(52(2,3)4)19-22-44(40)55(46)50(41)43/h8-29H,1-7H3. The Balaban J connectivity index is 1.36. The highest BCUT2D eigenvalue weighted by atomic mass is 15.0. The highest BCUT2D eigenvalue weighted by Crippen LogP contribution is 2.44. The third kappa shape index (κ3) is 4.13. The second-order valence-corrected chi connectivity index (χ2v) is 18.7. The van der Waals surface area contributed by atoms with Gasteiger partial charge in [-0.1, -0.05) is 133 Å². The van der Waals surface area contributed by atoms with Crippen molar-refractivity contribution >= 4 is 88.3 Å². The largest absolute Gasteiger partial charge is 0.310 e. The third-order valence-electron chi connectivity index (χ3n) is 13.2. The quantitative estimate of drug-likeness (QED) is 0.118. The smallest absolute Gasteiger partial charge is 0.253 e. The minimum atomic E-state index is -0.0353. The molecule has 0 atom stereocenters. The Morgan fingerprint density at radius 1 is 0.429 bits per heavy atom. The van der Waals surface area contributed by atoms with Gasteiger partial charge in [-0.05, 0) is 126 Å². The second-order valence-electron chi connectivity index (χ2n) is 18.7. The molecule has 0 aliphatic carbocycles. The van der Waals surface area contributed by atoms with Crippen molar-refractivity contribution in [2.45, 2.75) is 59.3 Å². The van der Waals surface area contributed by atoms with Gasteiger partial charge in [0, 0.05) is 44.0 Å². The molecule has 12 rings (SSSR count). The predicted octanol–water partition coefficient (Wildman–Crippen LogP) is 11.9. The summed E-state index contributed by atoms with van der Waals surface area (Å²) in [5.41, 5.74) is 18.6. The Kier molecular flexibility index (Phi) is 6.11. The molecule has 0 radical (unpaired) electrons. The molecule has 3 heteroatoms. The van der Waals surface area contributed by atoms with Gasteiger partial charge in [0.05, 0.1) is 11.0 Å². The lowest BCUT2D eigenvalue weighted by molar-refractivity contribution is 0.590. The number of rotatable bonds is 1. The third-order valence-corrected chi connectivity index (χ3v) is 13.2. The molecule has 2 aromatic heterocycles. The Morgan fingerprint density at radius 3 is 1.88 bits per heavy atom. The zero-order chi connectivity index (χ0) is 38.0. The van der Waals surface area contributed by atoms with E-state index in [1.165, 1.54) is 121 Å². The van der Waals surface area contributed by atoms with E-state index in [1.54, 1.807) is 0 Å². The van der Waals surface area contributed by atoms with Gasteiger partial charge < -0.3 is 9.13 Å². The van der Waals surface area contributed by atoms with Crippen LogP contribution in [0.1, 0.15) is 58.2 Å². The maximum absolute atomic E-state index is 2.64. The van der Waals surface area contributed by atoms with Crippen LogP contribution in [0.2, 0.25) is 0 Å². The summed E-state index contributed by atoms with van der Waals surface area (Å²) in [6, 6.07) is 51.6. The molecule has 0 amide bonds. The fourth-order valence-corrected chi connectivity index (χ4v) is 10.4. The van der Waals surface area contributed by atoms with E-state index in [0.717, 1.165) is 0 Å². The molecule has 8 aromatic carbocycles. The molecule has 0 N–H and O–H groups in total. The summed E-state index contributed by atoms with van der Waals surface area (Å²) >= 11 is 0. The van der Waals surface area contributed by atoms with Gasteiger partial charge in [0.1, 0.15) is 0 Å². The molecule has 2 aliphatic rings. The summed E-state index contributed by atoms with van der Waals surface area (Å²) in [5.74, 6) is 0. The van der Waals surface area contributed by atoms with Gasteiger partial charge in [0.25, 0.3) is 6.71 Å². The molecule has 0 spiro atoms. The molecule has 0 unspecified atom stereocenters. The molecule has 0 bridgehead atoms. The van der Waals surface area contributed by atoms with E-state index in [-0.39, 0.29) is 17.5 Å². The summed E-state index contributed by atoms with van der Waals surface area (Å²) in [6.45, 7) is 16.4. The van der Waals surface area contributed by atoms with Crippen molar-refractivity contribution in [2.75, 3.05) is 0 Å². The van der Waals surface area contributed by atoms with Crippen molar-refractivity contribution in [3.05, 3.63) is 150 Å². The first kappa shape index (κ1) is 32.2. The number of hydrogen-bond donors (Lipinski definition) is 0. The number of fused-ring (bicyclic) bond motifs is 14. The molecule has 56 heavy (non-hydrogen) atoms. The summed E-state index contributed by atoms with van der Waals surface area (Å²) in [7, 11) is 0. The van der Waals surface area contributed by atoms with Crippen LogP contribution >= 0.6 is 0 Å². The van der Waals surface area contributed by atoms with Crippen molar-refractivity contribution in [3.63, 3.8) is 0 Å². The molecule has 268 valence electrons. The van der Waals surface area contributed by atoms with E-state index in [4.69, 9.17) is 0 Å². The van der Waals surface area contributed by atoms with Gasteiger partial charge in [-0.3, -0.25) is 0 Å². The number of benzene rings is 8. The fraction of sp³-hybridized carbons (Fsp3) is 0.170. The summed E-state index contributed by atoms with van der Waals surface area (Å²) in [4.78, 5) is 0. The van der Waals surface area contributed by atoms with Gasteiger partial charge in [-0.25, -0.2) is 0 Å². The molecule has 10 aromatic rings. The SMILES string of the molecule is Cc1ccc2c3cc4c(ccc5ccccc54)c4c3n(c2c1)-c1cc(-c2ccccc2)cc2c1B4c1cc(C(C)(C)C)cc3c4cc(C(C)(C)C)ccc4n-2c13. The lowest BCUT2D eigenvalue weighted by Gasteiger charge is -2.35. The summed E-state index contributed by atoms with van der Waals surface area (Å²) in [6.07, 6.45) is 0. The van der Waals surface area contributed by atoms with Crippen LogP contribution in [-0.2, 0) is 10.8 Å². The van der Waals surface area contributed by atoms with Gasteiger partial charge in [0.15, 0.2) is 0 Å². The summed E-state index contributed by atoms with van der Waals surface area (Å²) < 4.78 is 5.28. The predicted molar refractivity (Wildman–Crippen MR) is 242 cm³/mol. The lowest BCUT2D eigenvalue weighted by atomic mass is 9.33. The Morgan fingerprint density at radius 2 is 1.11 bits per heavy atom. The molecule has 0 saturated heterocycles. The zero-order valence-corrected chi connectivity index (χ0v) is 33.2. The van der Waals surface area contributed by atoms with Crippen molar-refractivity contribution in [2.24, 2.45) is 0 Å². The molecule has 4 heterocycles. The number of aromatic nitrogens is 2. The van der Waals surface area contributed by atoms with Crippen LogP contribution in [0.5, 0.6) is 0 Å². The minimum Gasteiger partial charge on any atom is -0.310 e. The fourth-order valence-electron chi connectivity index (χ4n) is 10.4. The average molecular weight is 719 g/mol. The first-order chi connectivity index (χ1) is 27.0. The minimum absolute atomic E-state index is 0.0321. The van der Waals surface area contributed by atoms with Gasteiger partial charge in [-0.2, -0.15) is 0 Å². The number of nitrogens with zero attached hydrogens (tertiary/aromatic N) is 2. The zero-order valence-electron chi connectivity index (χ0n) is 33.2. The molecule has 2 aliphatic heterocycles. The van der Waals surface area contributed by atoms with E-state index >= 15 is 0 Å². The van der Waals surface area contributed by atoms with E-state index in [2.05, 4.69) is 191 Å². The molecular formula is C53H43BN2. The van der Waals surface area contributed by atoms with E-state index < -0.39 is 0 Å². The number of hydrogen-bond acceptors (Lipinski definition) is 0. The van der Waals surface area contributed by atoms with E-state index in [0.29, 0.717) is 0 Å². The molecular weight excluding hydrogens is 675 g/mol. The molecule has 0 fully saturated rings. The van der Waals surface area contributed by atoms with Crippen molar-refractivity contribution in [3.8, 4) is 22.5 Å². The Bertz CT molecular complexity index is 3380. The molecule has 0 saturated carbocycles. The normalized spacial score (nSPS) is 13.6. The number of aryl methyl sites for hydroxylation is 1. The van der Waals surface area contributed by atoms with Crippen LogP contribution in [0.4, 0.5) is 0 Å². The van der Waals surface area contributed by atoms with Crippen LogP contribution in [0.25, 0.3) is 87.7 Å². The Hall–Kier alpha value is -6.06. The van der Waals surface area contributed by atoms with Crippen LogP contribution in [-0.4, -0.2) is 15.8 Å². The van der Waals surface area contributed by atoms with Crippen LogP contribution in [0.15, 0.2) is 133 Å². The first-order valence-electron chi connectivity index (χ1n) is 20.2. The maximum Gasteiger partial charge on any atom is 0.253 e. The van der Waals surface area contributed by atoms with Crippen molar-refractivity contribution in [1.82, 2.24) is 9.13 Å². The highest BCUT2D eigenvalue weighted by Gasteiger charge is 2.43. The molecule has 2 nitrogen and oxygen atoms in total. The Labute approximate surface area is 328 Å². The first-order valence-corrected chi connectivity index (χ1v) is 20.2. The lowest BCUT2D eigenvalue weighted by Crippen LogP contribution is -2.59. The monoisotopic (exact) mass is 718 g/mol. The van der Waals surface area contributed by atoms with Crippen LogP contribution < -0.4 is 16.4 Å². The topological polar surface area (TPSA) is 9.86 Å². The van der Waals surface area contributed by atoms with E-state index in [9.17, 15) is 0 Å². The van der Waals surface area contributed by atoms with Crippen LogP contribution in [0.3, 0.4) is 0 Å². The van der Waals surface area contributed by atoms with E-state index in [1.807, 2.05) is 0 Å².